The standard InChI is InChI=1S/C18H12ClF3O4S/c1-27-11-4-2-10(3-5-11)25-15-8-14-9(7-13(15)19)6-12(17(23)24)16(26-14)18(20,21)22/h2-8,16H,1H3,(H,23,24). The van der Waals surface area contributed by atoms with E-state index in [1.165, 1.54) is 12.1 Å². The number of halogens is 4. The molecule has 1 atom stereocenters. The monoisotopic (exact) mass is 416 g/mol. The Morgan fingerprint density at radius 1 is 1.26 bits per heavy atom. The highest BCUT2D eigenvalue weighted by atomic mass is 35.5. The van der Waals surface area contributed by atoms with Crippen molar-refractivity contribution >= 4 is 35.4 Å². The van der Waals surface area contributed by atoms with E-state index >= 15 is 0 Å². The first-order valence-electron chi connectivity index (χ1n) is 7.52. The lowest BCUT2D eigenvalue weighted by Crippen LogP contribution is -2.40. The van der Waals surface area contributed by atoms with E-state index in [1.807, 2.05) is 18.4 Å². The van der Waals surface area contributed by atoms with Gasteiger partial charge < -0.3 is 14.6 Å². The molecule has 0 saturated carbocycles. The number of carboxylic acids is 1. The first-order valence-corrected chi connectivity index (χ1v) is 9.13. The highest BCUT2D eigenvalue weighted by Gasteiger charge is 2.48. The summed E-state index contributed by atoms with van der Waals surface area (Å²) in [6.45, 7) is 0. The fraction of sp³-hybridized carbons (Fsp3) is 0.167. The Hall–Kier alpha value is -2.32. The molecule has 0 spiro atoms. The van der Waals surface area contributed by atoms with Gasteiger partial charge in [-0.2, -0.15) is 13.2 Å². The van der Waals surface area contributed by atoms with Crippen LogP contribution in [0, 0.1) is 0 Å². The fourth-order valence-corrected chi connectivity index (χ4v) is 3.08. The van der Waals surface area contributed by atoms with Crippen LogP contribution in [0.1, 0.15) is 5.56 Å². The number of fused-ring (bicyclic) bond motifs is 1. The predicted molar refractivity (Wildman–Crippen MR) is 95.8 cm³/mol. The smallest absolute Gasteiger partial charge is 0.430 e. The van der Waals surface area contributed by atoms with Crippen molar-refractivity contribution in [3.63, 3.8) is 0 Å². The number of benzene rings is 2. The number of carboxylic acid groups (broad SMARTS) is 1. The average Bonchev–Trinajstić information content (AvgIpc) is 2.61. The summed E-state index contributed by atoms with van der Waals surface area (Å²) in [6.07, 6.45) is -4.63. The van der Waals surface area contributed by atoms with Gasteiger partial charge in [0, 0.05) is 16.5 Å². The number of aliphatic carboxylic acids is 1. The molecule has 27 heavy (non-hydrogen) atoms. The van der Waals surface area contributed by atoms with Crippen molar-refractivity contribution in [2.75, 3.05) is 6.26 Å². The molecule has 0 fully saturated rings. The Bertz CT molecular complexity index is 910. The summed E-state index contributed by atoms with van der Waals surface area (Å²) in [5.74, 6) is -1.34. The molecule has 0 aromatic heterocycles. The summed E-state index contributed by atoms with van der Waals surface area (Å²) in [4.78, 5) is 12.2. The molecule has 0 bridgehead atoms. The highest BCUT2D eigenvalue weighted by molar-refractivity contribution is 7.98. The van der Waals surface area contributed by atoms with Gasteiger partial charge in [-0.3, -0.25) is 0 Å². The van der Waals surface area contributed by atoms with Crippen LogP contribution in [0.2, 0.25) is 5.02 Å². The largest absolute Gasteiger partial charge is 0.478 e. The van der Waals surface area contributed by atoms with E-state index in [9.17, 15) is 18.0 Å². The maximum Gasteiger partial charge on any atom is 0.430 e. The van der Waals surface area contributed by atoms with Gasteiger partial charge in [0.1, 0.15) is 17.2 Å². The zero-order chi connectivity index (χ0) is 19.8. The maximum absolute atomic E-state index is 13.2. The van der Waals surface area contributed by atoms with Gasteiger partial charge in [-0.05, 0) is 42.7 Å². The first-order chi connectivity index (χ1) is 12.7. The summed E-state index contributed by atoms with van der Waals surface area (Å²) >= 11 is 7.69. The third-order valence-electron chi connectivity index (χ3n) is 3.73. The minimum absolute atomic E-state index is 0.0976. The van der Waals surface area contributed by atoms with Crippen LogP contribution in [0.4, 0.5) is 13.2 Å². The minimum Gasteiger partial charge on any atom is -0.478 e. The van der Waals surface area contributed by atoms with Crippen LogP contribution < -0.4 is 9.47 Å². The second-order valence-corrected chi connectivity index (χ2v) is 6.83. The molecule has 1 unspecified atom stereocenters. The zero-order valence-electron chi connectivity index (χ0n) is 13.7. The van der Waals surface area contributed by atoms with Crippen molar-refractivity contribution in [3.8, 4) is 17.2 Å². The Labute approximate surface area is 161 Å². The Morgan fingerprint density at radius 2 is 1.93 bits per heavy atom. The minimum atomic E-state index is -4.88. The van der Waals surface area contributed by atoms with E-state index in [4.69, 9.17) is 26.2 Å². The number of ether oxygens (including phenoxy) is 2. The van der Waals surface area contributed by atoms with Crippen LogP contribution in [0.5, 0.6) is 17.2 Å². The molecule has 2 aromatic carbocycles. The summed E-state index contributed by atoms with van der Waals surface area (Å²) < 4.78 is 50.0. The molecular formula is C18H12ClF3O4S. The van der Waals surface area contributed by atoms with Crippen molar-refractivity contribution in [1.82, 2.24) is 0 Å². The number of rotatable bonds is 4. The van der Waals surface area contributed by atoms with Gasteiger partial charge in [-0.25, -0.2) is 4.79 Å². The molecular weight excluding hydrogens is 405 g/mol. The molecule has 1 aliphatic heterocycles. The van der Waals surface area contributed by atoms with Crippen LogP contribution >= 0.6 is 23.4 Å². The van der Waals surface area contributed by atoms with E-state index < -0.39 is 23.8 Å². The van der Waals surface area contributed by atoms with Gasteiger partial charge >= 0.3 is 12.1 Å². The molecule has 142 valence electrons. The van der Waals surface area contributed by atoms with Crippen LogP contribution in [0.15, 0.2) is 46.9 Å². The van der Waals surface area contributed by atoms with Crippen molar-refractivity contribution in [2.24, 2.45) is 0 Å². The summed E-state index contributed by atoms with van der Waals surface area (Å²) in [7, 11) is 0. The van der Waals surface area contributed by atoms with E-state index in [0.717, 1.165) is 11.0 Å². The second kappa shape index (κ2) is 7.36. The molecule has 0 amide bonds. The third-order valence-corrected chi connectivity index (χ3v) is 4.77. The predicted octanol–water partition coefficient (Wildman–Crippen LogP) is 5.65. The van der Waals surface area contributed by atoms with Crippen LogP contribution in [-0.2, 0) is 4.79 Å². The maximum atomic E-state index is 13.2. The first kappa shape index (κ1) is 19.4. The van der Waals surface area contributed by atoms with E-state index in [2.05, 4.69) is 0 Å². The van der Waals surface area contributed by atoms with Gasteiger partial charge in [0.05, 0.1) is 10.6 Å². The Kier molecular flexibility index (Phi) is 5.30. The lowest BCUT2D eigenvalue weighted by molar-refractivity contribution is -0.187. The highest BCUT2D eigenvalue weighted by Crippen LogP contribution is 2.42. The van der Waals surface area contributed by atoms with Crippen molar-refractivity contribution in [2.45, 2.75) is 17.2 Å². The molecule has 0 radical (unpaired) electrons. The summed E-state index contributed by atoms with van der Waals surface area (Å²) in [5.41, 5.74) is -0.782. The summed E-state index contributed by atoms with van der Waals surface area (Å²) in [5, 5.41) is 9.16. The Morgan fingerprint density at radius 3 is 2.48 bits per heavy atom. The van der Waals surface area contributed by atoms with E-state index in [0.29, 0.717) is 5.75 Å². The molecule has 3 rings (SSSR count). The second-order valence-electron chi connectivity index (χ2n) is 5.54. The third kappa shape index (κ3) is 4.17. The van der Waals surface area contributed by atoms with Crippen molar-refractivity contribution in [1.29, 1.82) is 0 Å². The van der Waals surface area contributed by atoms with Crippen LogP contribution in [0.3, 0.4) is 0 Å². The van der Waals surface area contributed by atoms with Gasteiger partial charge in [0.15, 0.2) is 0 Å². The number of hydrogen-bond acceptors (Lipinski definition) is 4. The SMILES string of the molecule is CSc1ccc(Oc2cc3c(cc2Cl)C=C(C(=O)O)C(C(F)(F)F)O3)cc1. The van der Waals surface area contributed by atoms with Crippen molar-refractivity contribution < 1.29 is 32.5 Å². The molecule has 1 N–H and O–H groups in total. The molecule has 1 heterocycles. The fourth-order valence-electron chi connectivity index (χ4n) is 2.46. The van der Waals surface area contributed by atoms with E-state index in [-0.39, 0.29) is 22.1 Å². The number of hydrogen-bond donors (Lipinski definition) is 1. The average molecular weight is 417 g/mol. The lowest BCUT2D eigenvalue weighted by atomic mass is 10.0. The van der Waals surface area contributed by atoms with E-state index in [1.54, 1.807) is 23.9 Å². The zero-order valence-corrected chi connectivity index (χ0v) is 15.3. The number of alkyl halides is 3. The molecule has 9 heteroatoms. The van der Waals surface area contributed by atoms with Gasteiger partial charge in [-0.15, -0.1) is 11.8 Å². The number of thioether (sulfide) groups is 1. The topological polar surface area (TPSA) is 55.8 Å². The normalized spacial score (nSPS) is 16.2. The van der Waals surface area contributed by atoms with Crippen LogP contribution in [0.25, 0.3) is 6.08 Å². The van der Waals surface area contributed by atoms with Gasteiger partial charge in [-0.1, -0.05) is 11.6 Å². The van der Waals surface area contributed by atoms with Crippen molar-refractivity contribution in [3.05, 3.63) is 52.6 Å². The quantitative estimate of drug-likeness (QED) is 0.653. The Balaban J connectivity index is 1.97. The molecule has 1 aliphatic rings. The summed E-state index contributed by atoms with van der Waals surface area (Å²) in [6, 6.07) is 9.56. The van der Waals surface area contributed by atoms with Gasteiger partial charge in [0.2, 0.25) is 6.10 Å². The molecule has 4 nitrogen and oxygen atoms in total. The number of carbonyl (C=O) groups is 1. The van der Waals surface area contributed by atoms with Gasteiger partial charge in [0.25, 0.3) is 0 Å². The molecule has 0 aliphatic carbocycles. The van der Waals surface area contributed by atoms with Crippen LogP contribution in [-0.4, -0.2) is 29.6 Å². The molecule has 0 saturated heterocycles. The molecule has 2 aromatic rings. The lowest BCUT2D eigenvalue weighted by Gasteiger charge is -2.27.